The van der Waals surface area contributed by atoms with Crippen LogP contribution in [-0.4, -0.2) is 46.9 Å². The van der Waals surface area contributed by atoms with E-state index >= 15 is 0 Å². The van der Waals surface area contributed by atoms with Crippen molar-refractivity contribution in [2.75, 3.05) is 6.54 Å². The minimum Gasteiger partial charge on any atom is -1.00 e. The summed E-state index contributed by atoms with van der Waals surface area (Å²) in [4.78, 5) is 12.3. The first kappa shape index (κ1) is 15.8. The number of amides is 1. The maximum atomic E-state index is 11.3. The average molecular weight is 258 g/mol. The normalized spacial score (nSPS) is 22.1. The number of hydrogen-bond donors (Lipinski definition) is 2. The van der Waals surface area contributed by atoms with Crippen molar-refractivity contribution in [1.29, 1.82) is 5.26 Å². The number of aliphatic hydroxyl groups excluding tert-OH is 1. The fourth-order valence-corrected chi connectivity index (χ4v) is 1.82. The Morgan fingerprint density at radius 3 is 2.62 bits per heavy atom. The number of carbonyl (C=O) groups excluding carboxylic acids is 1. The molecule has 1 aliphatic heterocycles. The van der Waals surface area contributed by atoms with E-state index in [9.17, 15) is 13.2 Å². The zero-order valence-corrected chi connectivity index (χ0v) is 11.5. The summed E-state index contributed by atoms with van der Waals surface area (Å²) in [5.41, 5.74) is -2.49. The molecule has 1 heterocycles. The Morgan fingerprint density at radius 2 is 2.19 bits per heavy atom. The Hall–Kier alpha value is -0.170. The van der Waals surface area contributed by atoms with E-state index in [1.807, 2.05) is 6.07 Å². The summed E-state index contributed by atoms with van der Waals surface area (Å²) < 4.78 is 29.5. The molecule has 1 aliphatic rings. The van der Waals surface area contributed by atoms with Gasteiger partial charge in [0.2, 0.25) is 0 Å². The molecule has 2 N–H and O–H groups in total. The fraction of sp³-hybridized carbons (Fsp3) is 0.714. The molecule has 1 rings (SSSR count). The van der Waals surface area contributed by atoms with Gasteiger partial charge in [0, 0.05) is 6.54 Å². The zero-order valence-electron chi connectivity index (χ0n) is 9.70. The Labute approximate surface area is 117 Å². The van der Waals surface area contributed by atoms with Crippen molar-refractivity contribution in [2.24, 2.45) is 0 Å². The van der Waals surface area contributed by atoms with Gasteiger partial charge in [-0.05, 0) is 12.8 Å². The van der Waals surface area contributed by atoms with Crippen LogP contribution in [0.1, 0.15) is 14.3 Å². The monoisotopic (exact) mass is 258 g/mol. The SMILES string of the molecule is N#C[C@@H]1CCCN1C(=O)C(O)S(=O)(=O)O.[H-].[Na+]. The maximum absolute atomic E-state index is 11.3. The average Bonchev–Trinajstić information content (AvgIpc) is 2.61. The number of rotatable bonds is 2. The van der Waals surface area contributed by atoms with Crippen LogP contribution in [-0.2, 0) is 14.9 Å². The molecule has 1 amide bonds. The molecule has 0 aromatic rings. The third-order valence-electron chi connectivity index (χ3n) is 2.18. The van der Waals surface area contributed by atoms with Crippen LogP contribution in [0.5, 0.6) is 0 Å². The Balaban J connectivity index is 0. The molecule has 7 nitrogen and oxygen atoms in total. The summed E-state index contributed by atoms with van der Waals surface area (Å²) in [5.74, 6) is -1.15. The standard InChI is InChI=1S/C7H10N2O5S.Na.H/c8-4-5-2-1-3-9(5)6(10)7(11)15(12,13)14;;/h5,7,11H,1-3H2,(H,12,13,14);;/q;+1;-1/t5-,7?;;/m0../s1. The van der Waals surface area contributed by atoms with Crippen LogP contribution >= 0.6 is 0 Å². The number of likely N-dealkylation sites (tertiary alicyclic amines) is 1. The van der Waals surface area contributed by atoms with Gasteiger partial charge in [-0.2, -0.15) is 13.7 Å². The van der Waals surface area contributed by atoms with Gasteiger partial charge in [0.25, 0.3) is 11.3 Å². The van der Waals surface area contributed by atoms with Crippen LogP contribution in [0.4, 0.5) is 0 Å². The smallest absolute Gasteiger partial charge is 1.00 e. The molecule has 0 bridgehead atoms. The van der Waals surface area contributed by atoms with E-state index in [2.05, 4.69) is 0 Å². The predicted octanol–water partition coefficient (Wildman–Crippen LogP) is -4.18. The summed E-state index contributed by atoms with van der Waals surface area (Å²) in [6, 6.07) is 1.09. The molecule has 0 aliphatic carbocycles. The summed E-state index contributed by atoms with van der Waals surface area (Å²) in [6.07, 6.45) is 1.02. The molecular formula is C7H11N2NaO5S. The molecule has 0 saturated carbocycles. The van der Waals surface area contributed by atoms with E-state index < -0.39 is 27.5 Å². The van der Waals surface area contributed by atoms with Crippen molar-refractivity contribution in [3.8, 4) is 6.07 Å². The third kappa shape index (κ3) is 3.41. The van der Waals surface area contributed by atoms with Crippen LogP contribution in [0.15, 0.2) is 0 Å². The Bertz CT molecular complexity index is 409. The van der Waals surface area contributed by atoms with Crippen LogP contribution in [0, 0.1) is 11.3 Å². The molecule has 1 saturated heterocycles. The number of nitriles is 1. The van der Waals surface area contributed by atoms with Gasteiger partial charge < -0.3 is 11.4 Å². The molecule has 2 atom stereocenters. The second kappa shape index (κ2) is 5.95. The second-order valence-corrected chi connectivity index (χ2v) is 4.66. The molecule has 86 valence electrons. The van der Waals surface area contributed by atoms with Gasteiger partial charge in [-0.15, -0.1) is 0 Å². The minimum atomic E-state index is -4.82. The summed E-state index contributed by atoms with van der Waals surface area (Å²) >= 11 is 0. The van der Waals surface area contributed by atoms with Crippen LogP contribution in [0.25, 0.3) is 0 Å². The van der Waals surface area contributed by atoms with Gasteiger partial charge in [0.15, 0.2) is 0 Å². The fourth-order valence-electron chi connectivity index (χ4n) is 1.43. The molecule has 16 heavy (non-hydrogen) atoms. The first-order valence-corrected chi connectivity index (χ1v) is 5.72. The third-order valence-corrected chi connectivity index (χ3v) is 2.94. The summed E-state index contributed by atoms with van der Waals surface area (Å²) in [6.45, 7) is 0.212. The van der Waals surface area contributed by atoms with Crippen molar-refractivity contribution in [1.82, 2.24) is 4.90 Å². The topological polar surface area (TPSA) is 119 Å². The van der Waals surface area contributed by atoms with Gasteiger partial charge >= 0.3 is 39.7 Å². The van der Waals surface area contributed by atoms with Crippen LogP contribution in [0.3, 0.4) is 0 Å². The molecule has 0 spiro atoms. The molecular weight excluding hydrogens is 247 g/mol. The molecule has 9 heteroatoms. The predicted molar refractivity (Wildman–Crippen MR) is 49.0 cm³/mol. The van der Waals surface area contributed by atoms with Crippen molar-refractivity contribution >= 4 is 16.0 Å². The van der Waals surface area contributed by atoms with Crippen molar-refractivity contribution in [3.63, 3.8) is 0 Å². The molecule has 0 aromatic carbocycles. The van der Waals surface area contributed by atoms with Crippen molar-refractivity contribution in [3.05, 3.63) is 0 Å². The van der Waals surface area contributed by atoms with Gasteiger partial charge in [0.1, 0.15) is 6.04 Å². The summed E-state index contributed by atoms with van der Waals surface area (Å²) in [7, 11) is -4.82. The number of hydrogen-bond acceptors (Lipinski definition) is 5. The first-order valence-electron chi connectivity index (χ1n) is 4.22. The van der Waals surface area contributed by atoms with Gasteiger partial charge in [-0.25, -0.2) is 0 Å². The van der Waals surface area contributed by atoms with Crippen molar-refractivity contribution < 1.29 is 53.9 Å². The molecule has 1 unspecified atom stereocenters. The minimum absolute atomic E-state index is 0. The van der Waals surface area contributed by atoms with Crippen LogP contribution in [0.2, 0.25) is 0 Å². The molecule has 1 fully saturated rings. The number of aliphatic hydroxyl groups is 1. The van der Waals surface area contributed by atoms with Gasteiger partial charge in [-0.1, -0.05) is 0 Å². The van der Waals surface area contributed by atoms with E-state index in [0.29, 0.717) is 12.8 Å². The molecule has 0 radical (unpaired) electrons. The molecule has 0 aromatic heterocycles. The Morgan fingerprint density at radius 1 is 1.62 bits per heavy atom. The number of carbonyl (C=O) groups is 1. The van der Waals surface area contributed by atoms with Crippen molar-refractivity contribution in [2.45, 2.75) is 24.3 Å². The second-order valence-electron chi connectivity index (χ2n) is 3.19. The zero-order chi connectivity index (χ0) is 11.6. The van der Waals surface area contributed by atoms with E-state index in [1.54, 1.807) is 0 Å². The van der Waals surface area contributed by atoms with E-state index in [0.717, 1.165) is 4.90 Å². The van der Waals surface area contributed by atoms with E-state index in [1.165, 1.54) is 0 Å². The quantitative estimate of drug-likeness (QED) is 0.383. The van der Waals surface area contributed by atoms with Crippen LogP contribution < -0.4 is 29.6 Å². The van der Waals surface area contributed by atoms with E-state index in [4.69, 9.17) is 14.9 Å². The first-order chi connectivity index (χ1) is 6.88. The maximum Gasteiger partial charge on any atom is 1.00 e. The Kier molecular flexibility index (Phi) is 5.89. The van der Waals surface area contributed by atoms with Gasteiger partial charge in [0.05, 0.1) is 6.07 Å². The summed E-state index contributed by atoms with van der Waals surface area (Å²) in [5, 5.41) is 17.6. The largest absolute Gasteiger partial charge is 1.00 e. The number of nitrogens with zero attached hydrogens (tertiary/aromatic N) is 2. The van der Waals surface area contributed by atoms with Gasteiger partial charge in [-0.3, -0.25) is 9.35 Å². The van der Waals surface area contributed by atoms with E-state index in [-0.39, 0.29) is 37.5 Å².